The number of primary amides is 1. The van der Waals surface area contributed by atoms with Gasteiger partial charge in [0, 0.05) is 12.6 Å². The molecule has 2 atom stereocenters. The van der Waals surface area contributed by atoms with E-state index in [1.54, 1.807) is 0 Å². The minimum atomic E-state index is -0.400. The molecule has 0 radical (unpaired) electrons. The van der Waals surface area contributed by atoms with E-state index in [2.05, 4.69) is 19.2 Å². The molecular formula is C13H26N2O2. The quantitative estimate of drug-likeness (QED) is 0.661. The molecular weight excluding hydrogens is 216 g/mol. The molecule has 1 aliphatic rings. The fourth-order valence-electron chi connectivity index (χ4n) is 2.70. The molecule has 0 aromatic carbocycles. The predicted octanol–water partition coefficient (Wildman–Crippen LogP) is 1.29. The fraction of sp³-hybridized carbons (Fsp3) is 0.923. The van der Waals surface area contributed by atoms with Crippen molar-refractivity contribution in [3.63, 3.8) is 0 Å². The SMILES string of the molecule is CC(C)C1CCCCC1NCCOCC(N)=O. The molecule has 1 amide bonds. The molecule has 3 N–H and O–H groups in total. The van der Waals surface area contributed by atoms with E-state index >= 15 is 0 Å². The van der Waals surface area contributed by atoms with Crippen LogP contribution >= 0.6 is 0 Å². The van der Waals surface area contributed by atoms with Gasteiger partial charge in [-0.05, 0) is 24.7 Å². The molecule has 1 fully saturated rings. The van der Waals surface area contributed by atoms with Gasteiger partial charge >= 0.3 is 0 Å². The number of ether oxygens (including phenoxy) is 1. The third kappa shape index (κ3) is 5.50. The Morgan fingerprint density at radius 2 is 2.12 bits per heavy atom. The average Bonchev–Trinajstić information content (AvgIpc) is 2.28. The molecule has 1 rings (SSSR count). The summed E-state index contributed by atoms with van der Waals surface area (Å²) in [6.45, 7) is 5.99. The first-order valence-electron chi connectivity index (χ1n) is 6.70. The van der Waals surface area contributed by atoms with Gasteiger partial charge in [0.25, 0.3) is 0 Å². The van der Waals surface area contributed by atoms with Crippen molar-refractivity contribution in [2.45, 2.75) is 45.6 Å². The van der Waals surface area contributed by atoms with E-state index in [0.29, 0.717) is 12.6 Å². The van der Waals surface area contributed by atoms with Crippen LogP contribution in [0, 0.1) is 11.8 Å². The maximum atomic E-state index is 10.5. The Labute approximate surface area is 104 Å². The molecule has 17 heavy (non-hydrogen) atoms. The molecule has 0 aromatic rings. The van der Waals surface area contributed by atoms with Gasteiger partial charge in [-0.15, -0.1) is 0 Å². The van der Waals surface area contributed by atoms with Gasteiger partial charge in [0.1, 0.15) is 6.61 Å². The van der Waals surface area contributed by atoms with E-state index in [1.165, 1.54) is 25.7 Å². The van der Waals surface area contributed by atoms with Crippen LogP contribution in [0.2, 0.25) is 0 Å². The van der Waals surface area contributed by atoms with E-state index in [0.717, 1.165) is 18.4 Å². The lowest BCUT2D eigenvalue weighted by atomic mass is 9.78. The first-order valence-corrected chi connectivity index (χ1v) is 6.70. The van der Waals surface area contributed by atoms with Gasteiger partial charge < -0.3 is 15.8 Å². The summed E-state index contributed by atoms with van der Waals surface area (Å²) >= 11 is 0. The Morgan fingerprint density at radius 3 is 2.76 bits per heavy atom. The van der Waals surface area contributed by atoms with E-state index in [9.17, 15) is 4.79 Å². The Balaban J connectivity index is 2.17. The molecule has 1 saturated carbocycles. The second-order valence-corrected chi connectivity index (χ2v) is 5.27. The lowest BCUT2D eigenvalue weighted by Crippen LogP contribution is -2.42. The zero-order valence-electron chi connectivity index (χ0n) is 11.1. The summed E-state index contributed by atoms with van der Waals surface area (Å²) in [6, 6.07) is 0.612. The highest BCUT2D eigenvalue weighted by Crippen LogP contribution is 2.29. The van der Waals surface area contributed by atoms with Crippen LogP contribution in [0.15, 0.2) is 0 Å². The molecule has 0 bridgehead atoms. The zero-order valence-corrected chi connectivity index (χ0v) is 11.1. The second-order valence-electron chi connectivity index (χ2n) is 5.27. The maximum absolute atomic E-state index is 10.5. The largest absolute Gasteiger partial charge is 0.370 e. The van der Waals surface area contributed by atoms with Crippen molar-refractivity contribution in [3.8, 4) is 0 Å². The van der Waals surface area contributed by atoms with E-state index in [-0.39, 0.29) is 6.61 Å². The summed E-state index contributed by atoms with van der Waals surface area (Å²) < 4.78 is 5.14. The topological polar surface area (TPSA) is 64.3 Å². The minimum Gasteiger partial charge on any atom is -0.370 e. The van der Waals surface area contributed by atoms with Gasteiger partial charge in [-0.1, -0.05) is 26.7 Å². The molecule has 0 saturated heterocycles. The Hall–Kier alpha value is -0.610. The van der Waals surface area contributed by atoms with Crippen molar-refractivity contribution in [2.75, 3.05) is 19.8 Å². The van der Waals surface area contributed by atoms with Crippen molar-refractivity contribution < 1.29 is 9.53 Å². The van der Waals surface area contributed by atoms with Crippen LogP contribution in [0.4, 0.5) is 0 Å². The lowest BCUT2D eigenvalue weighted by molar-refractivity contribution is -0.122. The Bertz CT molecular complexity index is 231. The van der Waals surface area contributed by atoms with E-state index < -0.39 is 5.91 Å². The maximum Gasteiger partial charge on any atom is 0.243 e. The molecule has 0 spiro atoms. The summed E-state index contributed by atoms with van der Waals surface area (Å²) in [4.78, 5) is 10.5. The third-order valence-electron chi connectivity index (χ3n) is 3.57. The van der Waals surface area contributed by atoms with Gasteiger partial charge in [0.05, 0.1) is 6.61 Å². The minimum absolute atomic E-state index is 0.0277. The Kier molecular flexibility index (Phi) is 6.52. The van der Waals surface area contributed by atoms with Crippen LogP contribution in [0.25, 0.3) is 0 Å². The summed E-state index contributed by atoms with van der Waals surface area (Å²) in [5.41, 5.74) is 4.99. The lowest BCUT2D eigenvalue weighted by Gasteiger charge is -2.35. The van der Waals surface area contributed by atoms with Crippen molar-refractivity contribution in [2.24, 2.45) is 17.6 Å². The molecule has 100 valence electrons. The normalized spacial score (nSPS) is 25.1. The van der Waals surface area contributed by atoms with Gasteiger partial charge in [-0.25, -0.2) is 0 Å². The zero-order chi connectivity index (χ0) is 12.7. The van der Waals surface area contributed by atoms with Gasteiger partial charge in [0.15, 0.2) is 0 Å². The number of hydrogen-bond donors (Lipinski definition) is 2. The molecule has 0 heterocycles. The number of rotatable bonds is 7. The van der Waals surface area contributed by atoms with Gasteiger partial charge in [0.2, 0.25) is 5.91 Å². The molecule has 0 aliphatic heterocycles. The number of nitrogens with one attached hydrogen (secondary N) is 1. The monoisotopic (exact) mass is 242 g/mol. The van der Waals surface area contributed by atoms with Crippen molar-refractivity contribution in [1.29, 1.82) is 0 Å². The standard InChI is InChI=1S/C13H26N2O2/c1-10(2)11-5-3-4-6-12(11)15-7-8-17-9-13(14)16/h10-12,15H,3-9H2,1-2H3,(H2,14,16). The van der Waals surface area contributed by atoms with Crippen LogP contribution in [0.5, 0.6) is 0 Å². The van der Waals surface area contributed by atoms with Crippen molar-refractivity contribution in [3.05, 3.63) is 0 Å². The van der Waals surface area contributed by atoms with Crippen LogP contribution in [-0.2, 0) is 9.53 Å². The summed E-state index contributed by atoms with van der Waals surface area (Å²) in [5, 5.41) is 3.55. The summed E-state index contributed by atoms with van der Waals surface area (Å²) in [7, 11) is 0. The Morgan fingerprint density at radius 1 is 1.41 bits per heavy atom. The smallest absolute Gasteiger partial charge is 0.243 e. The van der Waals surface area contributed by atoms with Crippen LogP contribution in [-0.4, -0.2) is 31.7 Å². The van der Waals surface area contributed by atoms with E-state index in [1.807, 2.05) is 0 Å². The molecule has 4 heteroatoms. The van der Waals surface area contributed by atoms with Gasteiger partial charge in [-0.2, -0.15) is 0 Å². The first kappa shape index (κ1) is 14.5. The van der Waals surface area contributed by atoms with Crippen molar-refractivity contribution in [1.82, 2.24) is 5.32 Å². The molecule has 1 aliphatic carbocycles. The molecule has 2 unspecified atom stereocenters. The number of carbonyl (C=O) groups excluding carboxylic acids is 1. The van der Waals surface area contributed by atoms with Gasteiger partial charge in [-0.3, -0.25) is 4.79 Å². The van der Waals surface area contributed by atoms with Crippen molar-refractivity contribution >= 4 is 5.91 Å². The number of amides is 1. The second kappa shape index (κ2) is 7.67. The molecule has 4 nitrogen and oxygen atoms in total. The first-order chi connectivity index (χ1) is 8.11. The van der Waals surface area contributed by atoms with E-state index in [4.69, 9.17) is 10.5 Å². The van der Waals surface area contributed by atoms with Crippen LogP contribution in [0.1, 0.15) is 39.5 Å². The van der Waals surface area contributed by atoms with Crippen LogP contribution in [0.3, 0.4) is 0 Å². The highest BCUT2D eigenvalue weighted by atomic mass is 16.5. The fourth-order valence-corrected chi connectivity index (χ4v) is 2.70. The predicted molar refractivity (Wildman–Crippen MR) is 68.6 cm³/mol. The number of nitrogens with two attached hydrogens (primary N) is 1. The third-order valence-corrected chi connectivity index (χ3v) is 3.57. The highest BCUT2D eigenvalue weighted by molar-refractivity contribution is 5.74. The summed E-state index contributed by atoms with van der Waals surface area (Å²) in [5.74, 6) is 1.11. The highest BCUT2D eigenvalue weighted by Gasteiger charge is 2.26. The summed E-state index contributed by atoms with van der Waals surface area (Å²) in [6.07, 6.45) is 5.28. The average molecular weight is 242 g/mol. The van der Waals surface area contributed by atoms with Crippen LogP contribution < -0.4 is 11.1 Å². The molecule has 0 aromatic heterocycles. The number of hydrogen-bond acceptors (Lipinski definition) is 3. The number of carbonyl (C=O) groups is 1.